The van der Waals surface area contributed by atoms with Crippen molar-refractivity contribution in [3.63, 3.8) is 0 Å². The number of carbonyl (C=O) groups excluding carboxylic acids is 2. The van der Waals surface area contributed by atoms with Gasteiger partial charge in [-0.15, -0.1) is 0 Å². The third-order valence-corrected chi connectivity index (χ3v) is 8.23. The number of hydrogen-bond acceptors (Lipinski definition) is 5. The van der Waals surface area contributed by atoms with Gasteiger partial charge in [-0.05, 0) is 73.7 Å². The number of benzene rings is 2. The quantitative estimate of drug-likeness (QED) is 0.442. The van der Waals surface area contributed by atoms with E-state index in [0.29, 0.717) is 49.7 Å². The molecular formula is C30H31N3O4. The Balaban J connectivity index is 1.18. The van der Waals surface area contributed by atoms with Crippen molar-refractivity contribution in [2.45, 2.75) is 43.7 Å². The zero-order valence-corrected chi connectivity index (χ0v) is 21.0. The highest BCUT2D eigenvalue weighted by Crippen LogP contribution is 2.53. The van der Waals surface area contributed by atoms with E-state index < -0.39 is 11.1 Å². The van der Waals surface area contributed by atoms with E-state index in [4.69, 9.17) is 9.47 Å². The van der Waals surface area contributed by atoms with Gasteiger partial charge in [0.1, 0.15) is 22.6 Å². The second kappa shape index (κ2) is 9.21. The van der Waals surface area contributed by atoms with Crippen molar-refractivity contribution >= 4 is 12.0 Å². The van der Waals surface area contributed by atoms with Gasteiger partial charge in [0.25, 0.3) is 5.91 Å². The molecule has 0 N–H and O–H groups in total. The molecule has 1 saturated carbocycles. The molecule has 3 aromatic rings. The standard InChI is InChI=1S/C30H31N3O4/c1-29(24-6-5-17-31-20-24)30(37-28(35)33(29)21-22-9-10-22)15-18-32(19-16-30)27(34)23-11-13-26(14-12-23)36-25-7-3-2-4-8-25/h2-8,11-14,17,20,22H,9-10,15-16,18-19,21H2,1H3. The molecule has 7 heteroatoms. The van der Waals surface area contributed by atoms with Crippen molar-refractivity contribution in [1.29, 1.82) is 0 Å². The molecule has 3 aliphatic rings. The Hall–Kier alpha value is -3.87. The summed E-state index contributed by atoms with van der Waals surface area (Å²) in [7, 11) is 0. The van der Waals surface area contributed by atoms with E-state index in [0.717, 1.165) is 24.2 Å². The lowest BCUT2D eigenvalue weighted by Crippen LogP contribution is -2.59. The average molecular weight is 498 g/mol. The minimum Gasteiger partial charge on any atom is -0.457 e. The molecule has 190 valence electrons. The number of amides is 2. The number of hydrogen-bond donors (Lipinski definition) is 0. The van der Waals surface area contributed by atoms with Crippen molar-refractivity contribution in [1.82, 2.24) is 14.8 Å². The van der Waals surface area contributed by atoms with Crippen LogP contribution in [-0.4, -0.2) is 52.0 Å². The zero-order valence-electron chi connectivity index (χ0n) is 21.0. The van der Waals surface area contributed by atoms with Crippen LogP contribution in [0.15, 0.2) is 79.1 Å². The predicted octanol–water partition coefficient (Wildman–Crippen LogP) is 5.63. The molecule has 3 heterocycles. The topological polar surface area (TPSA) is 72.0 Å². The lowest BCUT2D eigenvalue weighted by atomic mass is 9.70. The summed E-state index contributed by atoms with van der Waals surface area (Å²) in [6, 6.07) is 20.8. The Bertz CT molecular complexity index is 1270. The van der Waals surface area contributed by atoms with E-state index in [-0.39, 0.29) is 12.0 Å². The first kappa shape index (κ1) is 23.5. The molecule has 2 saturated heterocycles. The minimum absolute atomic E-state index is 0.0247. The van der Waals surface area contributed by atoms with Crippen LogP contribution in [0.4, 0.5) is 4.79 Å². The maximum Gasteiger partial charge on any atom is 0.411 e. The summed E-state index contributed by atoms with van der Waals surface area (Å²) in [5.74, 6) is 1.94. The van der Waals surface area contributed by atoms with Gasteiger partial charge in [0, 0.05) is 50.4 Å². The smallest absolute Gasteiger partial charge is 0.411 e. The van der Waals surface area contributed by atoms with Gasteiger partial charge in [0.2, 0.25) is 0 Å². The molecule has 1 aromatic heterocycles. The van der Waals surface area contributed by atoms with E-state index in [1.165, 1.54) is 0 Å². The van der Waals surface area contributed by atoms with Crippen LogP contribution in [0, 0.1) is 5.92 Å². The van der Waals surface area contributed by atoms with Gasteiger partial charge in [-0.1, -0.05) is 24.3 Å². The summed E-state index contributed by atoms with van der Waals surface area (Å²) in [6.07, 6.45) is 6.79. The lowest BCUT2D eigenvalue weighted by molar-refractivity contribution is -0.0548. The van der Waals surface area contributed by atoms with Crippen LogP contribution in [0.5, 0.6) is 11.5 Å². The molecule has 37 heavy (non-hydrogen) atoms. The fourth-order valence-electron chi connectivity index (χ4n) is 5.77. The first-order chi connectivity index (χ1) is 18.0. The van der Waals surface area contributed by atoms with Gasteiger partial charge < -0.3 is 14.4 Å². The second-order valence-corrected chi connectivity index (χ2v) is 10.5. The van der Waals surface area contributed by atoms with Crippen LogP contribution in [0.1, 0.15) is 48.5 Å². The Labute approximate surface area is 217 Å². The fourth-order valence-corrected chi connectivity index (χ4v) is 5.77. The van der Waals surface area contributed by atoms with Crippen LogP contribution in [0.25, 0.3) is 0 Å². The number of carbonyl (C=O) groups is 2. The van der Waals surface area contributed by atoms with Gasteiger partial charge in [0.05, 0.1) is 0 Å². The summed E-state index contributed by atoms with van der Waals surface area (Å²) < 4.78 is 12.1. The summed E-state index contributed by atoms with van der Waals surface area (Å²) >= 11 is 0. The summed E-state index contributed by atoms with van der Waals surface area (Å²) in [6.45, 7) is 3.84. The molecule has 0 bridgehead atoms. The third kappa shape index (κ3) is 4.22. The molecule has 1 spiro atoms. The van der Waals surface area contributed by atoms with Crippen LogP contribution in [-0.2, 0) is 10.3 Å². The van der Waals surface area contributed by atoms with Gasteiger partial charge in [0.15, 0.2) is 0 Å². The number of ether oxygens (including phenoxy) is 2. The second-order valence-electron chi connectivity index (χ2n) is 10.5. The highest BCUT2D eigenvalue weighted by Gasteiger charge is 2.64. The number of aromatic nitrogens is 1. The molecule has 2 aliphatic heterocycles. The van der Waals surface area contributed by atoms with Crippen molar-refractivity contribution in [2.75, 3.05) is 19.6 Å². The predicted molar refractivity (Wildman–Crippen MR) is 138 cm³/mol. The minimum atomic E-state index is -0.702. The average Bonchev–Trinajstić information content (AvgIpc) is 3.74. The molecule has 1 atom stereocenters. The normalized spacial score (nSPS) is 22.7. The van der Waals surface area contributed by atoms with E-state index in [1.807, 2.05) is 70.6 Å². The number of rotatable bonds is 6. The van der Waals surface area contributed by atoms with E-state index in [1.54, 1.807) is 18.3 Å². The summed E-state index contributed by atoms with van der Waals surface area (Å²) in [4.78, 5) is 34.7. The van der Waals surface area contributed by atoms with Crippen LogP contribution in [0.3, 0.4) is 0 Å². The fraction of sp³-hybridized carbons (Fsp3) is 0.367. The maximum atomic E-state index is 13.3. The Kier molecular flexibility index (Phi) is 5.86. The number of piperidine rings is 1. The monoisotopic (exact) mass is 497 g/mol. The maximum absolute atomic E-state index is 13.3. The van der Waals surface area contributed by atoms with Gasteiger partial charge in [-0.25, -0.2) is 4.79 Å². The largest absolute Gasteiger partial charge is 0.457 e. The molecule has 3 fully saturated rings. The van der Waals surface area contributed by atoms with Gasteiger partial charge >= 0.3 is 6.09 Å². The van der Waals surface area contributed by atoms with E-state index in [2.05, 4.69) is 11.9 Å². The molecule has 7 nitrogen and oxygen atoms in total. The molecule has 6 rings (SSSR count). The highest BCUT2D eigenvalue weighted by atomic mass is 16.6. The van der Waals surface area contributed by atoms with Crippen molar-refractivity contribution < 1.29 is 19.1 Å². The molecule has 1 unspecified atom stereocenters. The Morgan fingerprint density at radius 2 is 1.70 bits per heavy atom. The zero-order chi connectivity index (χ0) is 25.5. The number of likely N-dealkylation sites (tertiary alicyclic amines) is 1. The molecule has 1 aliphatic carbocycles. The first-order valence-electron chi connectivity index (χ1n) is 13.0. The lowest BCUT2D eigenvalue weighted by Gasteiger charge is -2.48. The summed E-state index contributed by atoms with van der Waals surface area (Å²) in [5.41, 5.74) is 0.263. The number of pyridine rings is 1. The molecule has 2 aromatic carbocycles. The SMILES string of the molecule is CC1(c2cccnc2)N(CC2CC2)C(=O)OC12CCN(C(=O)c1ccc(Oc3ccccc3)cc1)CC2. The van der Waals surface area contributed by atoms with Crippen molar-refractivity contribution in [3.05, 3.63) is 90.3 Å². The van der Waals surface area contributed by atoms with Crippen LogP contribution in [0.2, 0.25) is 0 Å². The van der Waals surface area contributed by atoms with E-state index >= 15 is 0 Å². The number of para-hydroxylation sites is 1. The molecule has 2 amide bonds. The van der Waals surface area contributed by atoms with E-state index in [9.17, 15) is 9.59 Å². The Morgan fingerprint density at radius 1 is 1.00 bits per heavy atom. The van der Waals surface area contributed by atoms with Crippen LogP contribution < -0.4 is 4.74 Å². The van der Waals surface area contributed by atoms with Crippen molar-refractivity contribution in [3.8, 4) is 11.5 Å². The highest BCUT2D eigenvalue weighted by molar-refractivity contribution is 5.94. The summed E-state index contributed by atoms with van der Waals surface area (Å²) in [5, 5.41) is 0. The molecule has 0 radical (unpaired) electrons. The third-order valence-electron chi connectivity index (χ3n) is 8.23. The number of nitrogens with zero attached hydrogens (tertiary/aromatic N) is 3. The van der Waals surface area contributed by atoms with Gasteiger partial charge in [-0.3, -0.25) is 14.7 Å². The van der Waals surface area contributed by atoms with Crippen LogP contribution >= 0.6 is 0 Å². The molecular weight excluding hydrogens is 466 g/mol. The Morgan fingerprint density at radius 3 is 2.35 bits per heavy atom. The van der Waals surface area contributed by atoms with Crippen molar-refractivity contribution in [2.24, 2.45) is 5.92 Å². The van der Waals surface area contributed by atoms with Gasteiger partial charge in [-0.2, -0.15) is 0 Å². The first-order valence-corrected chi connectivity index (χ1v) is 13.0.